The summed E-state index contributed by atoms with van der Waals surface area (Å²) in [4.78, 5) is 4.34. The van der Waals surface area contributed by atoms with Gasteiger partial charge in [-0.15, -0.1) is 0 Å². The number of rotatable bonds is 3. The normalized spacial score (nSPS) is 12.5. The largest absolute Gasteiger partial charge is 0.271 e. The molecular weight excluding hydrogens is 314 g/mol. The number of nitrogens with zero attached hydrogens (tertiary/aromatic N) is 1. The van der Waals surface area contributed by atoms with E-state index in [4.69, 9.17) is 5.84 Å². The Hall–Kier alpha value is -1.75. The molecule has 3 nitrogen and oxygen atoms in total. The highest BCUT2D eigenvalue weighted by Crippen LogP contribution is 2.29. The van der Waals surface area contributed by atoms with E-state index in [-0.39, 0.29) is 6.04 Å². The first kappa shape index (κ1) is 13.2. The molecule has 0 aliphatic carbocycles. The molecule has 0 fully saturated rings. The number of halogens is 1. The molecule has 0 spiro atoms. The van der Waals surface area contributed by atoms with Crippen molar-refractivity contribution in [1.29, 1.82) is 0 Å². The molecule has 3 rings (SSSR count). The molecule has 0 amide bonds. The fraction of sp³-hybridized carbons (Fsp3) is 0.0625. The number of benzene rings is 2. The lowest BCUT2D eigenvalue weighted by Gasteiger charge is -2.18. The summed E-state index contributed by atoms with van der Waals surface area (Å²) >= 11 is 3.58. The van der Waals surface area contributed by atoms with Crippen molar-refractivity contribution in [3.05, 3.63) is 76.4 Å². The first-order valence-corrected chi connectivity index (χ1v) is 7.14. The third-order valence-electron chi connectivity index (χ3n) is 3.34. The van der Waals surface area contributed by atoms with Crippen molar-refractivity contribution in [2.75, 3.05) is 0 Å². The molecule has 1 unspecified atom stereocenters. The number of fused-ring (bicyclic) bond motifs is 1. The van der Waals surface area contributed by atoms with Crippen LogP contribution in [0.15, 0.2) is 65.3 Å². The van der Waals surface area contributed by atoms with Crippen LogP contribution < -0.4 is 11.3 Å². The molecule has 0 aliphatic heterocycles. The summed E-state index contributed by atoms with van der Waals surface area (Å²) in [6.07, 6.45) is 1.80. The van der Waals surface area contributed by atoms with E-state index >= 15 is 0 Å². The second-order valence-corrected chi connectivity index (χ2v) is 5.43. The summed E-state index contributed by atoms with van der Waals surface area (Å²) in [5.41, 5.74) is 6.10. The van der Waals surface area contributed by atoms with E-state index in [0.717, 1.165) is 26.5 Å². The number of aromatic nitrogens is 1. The quantitative estimate of drug-likeness (QED) is 0.571. The van der Waals surface area contributed by atoms with E-state index in [1.165, 1.54) is 0 Å². The van der Waals surface area contributed by atoms with Gasteiger partial charge in [0.25, 0.3) is 0 Å². The fourth-order valence-corrected chi connectivity index (χ4v) is 2.86. The van der Waals surface area contributed by atoms with E-state index in [0.29, 0.717) is 0 Å². The predicted octanol–water partition coefficient (Wildman–Crippen LogP) is 3.55. The maximum Gasteiger partial charge on any atom is 0.0721 e. The lowest BCUT2D eigenvalue weighted by molar-refractivity contribution is 0.635. The van der Waals surface area contributed by atoms with Crippen LogP contribution in [0.1, 0.15) is 17.2 Å². The van der Waals surface area contributed by atoms with Crippen LogP contribution in [-0.4, -0.2) is 4.98 Å². The molecule has 2 aromatic carbocycles. The Morgan fingerprint density at radius 2 is 1.90 bits per heavy atom. The number of hydrogen-bond donors (Lipinski definition) is 2. The minimum Gasteiger partial charge on any atom is -0.271 e. The van der Waals surface area contributed by atoms with E-state index in [1.807, 2.05) is 30.3 Å². The van der Waals surface area contributed by atoms with Gasteiger partial charge in [0, 0.05) is 16.1 Å². The lowest BCUT2D eigenvalue weighted by atomic mass is 9.98. The highest BCUT2D eigenvalue weighted by molar-refractivity contribution is 9.10. The molecule has 100 valence electrons. The molecule has 3 aromatic rings. The fourth-order valence-electron chi connectivity index (χ4n) is 2.35. The molecule has 20 heavy (non-hydrogen) atoms. The van der Waals surface area contributed by atoms with Crippen molar-refractivity contribution in [2.45, 2.75) is 6.04 Å². The summed E-state index contributed by atoms with van der Waals surface area (Å²) in [5.74, 6) is 5.76. The second-order valence-electron chi connectivity index (χ2n) is 4.58. The van der Waals surface area contributed by atoms with Crippen LogP contribution >= 0.6 is 15.9 Å². The minimum atomic E-state index is -0.0600. The summed E-state index contributed by atoms with van der Waals surface area (Å²) in [6, 6.07) is 18.2. The zero-order valence-corrected chi connectivity index (χ0v) is 12.3. The highest BCUT2D eigenvalue weighted by atomic mass is 79.9. The molecule has 1 aromatic heterocycles. The number of pyridine rings is 1. The van der Waals surface area contributed by atoms with Crippen LogP contribution in [0.3, 0.4) is 0 Å². The van der Waals surface area contributed by atoms with Gasteiger partial charge in [-0.3, -0.25) is 10.8 Å². The third kappa shape index (κ3) is 2.45. The van der Waals surface area contributed by atoms with Gasteiger partial charge >= 0.3 is 0 Å². The van der Waals surface area contributed by atoms with Crippen LogP contribution in [0.5, 0.6) is 0 Å². The van der Waals surface area contributed by atoms with E-state index < -0.39 is 0 Å². The second kappa shape index (κ2) is 5.71. The smallest absolute Gasteiger partial charge is 0.0721 e. The molecule has 0 saturated carbocycles. The summed E-state index contributed by atoms with van der Waals surface area (Å²) in [7, 11) is 0. The molecule has 1 heterocycles. The van der Waals surface area contributed by atoms with Gasteiger partial charge in [0.05, 0.1) is 11.6 Å². The van der Waals surface area contributed by atoms with Crippen LogP contribution in [0.4, 0.5) is 0 Å². The number of nitrogens with two attached hydrogens (primary N) is 1. The molecule has 1 atom stereocenters. The van der Waals surface area contributed by atoms with Gasteiger partial charge in [-0.05, 0) is 35.4 Å². The zero-order valence-electron chi connectivity index (χ0n) is 10.8. The zero-order chi connectivity index (χ0) is 13.9. The van der Waals surface area contributed by atoms with E-state index in [2.05, 4.69) is 50.6 Å². The average Bonchev–Trinajstić information content (AvgIpc) is 2.50. The van der Waals surface area contributed by atoms with Crippen molar-refractivity contribution < 1.29 is 0 Å². The Labute approximate surface area is 125 Å². The van der Waals surface area contributed by atoms with Gasteiger partial charge in [0.2, 0.25) is 0 Å². The standard InChI is InChI=1S/C16H14BrN3/c17-14-6-2-1-5-13(14)16(20-18)12-7-8-15-11(10-12)4-3-9-19-15/h1-10,16,20H,18H2. The van der Waals surface area contributed by atoms with E-state index in [9.17, 15) is 0 Å². The molecule has 4 heteroatoms. The maximum absolute atomic E-state index is 5.76. The van der Waals surface area contributed by atoms with Crippen molar-refractivity contribution in [2.24, 2.45) is 5.84 Å². The number of nitrogens with one attached hydrogen (secondary N) is 1. The topological polar surface area (TPSA) is 50.9 Å². The molecule has 0 bridgehead atoms. The van der Waals surface area contributed by atoms with Crippen LogP contribution in [-0.2, 0) is 0 Å². The number of hydrogen-bond acceptors (Lipinski definition) is 3. The van der Waals surface area contributed by atoms with Crippen molar-refractivity contribution >= 4 is 26.8 Å². The lowest BCUT2D eigenvalue weighted by Crippen LogP contribution is -2.29. The first-order chi connectivity index (χ1) is 9.79. The third-order valence-corrected chi connectivity index (χ3v) is 4.07. The summed E-state index contributed by atoms with van der Waals surface area (Å²) < 4.78 is 1.04. The Bertz CT molecular complexity index is 742. The Kier molecular flexibility index (Phi) is 3.78. The van der Waals surface area contributed by atoms with Crippen LogP contribution in [0, 0.1) is 0 Å². The van der Waals surface area contributed by atoms with Gasteiger partial charge in [0.15, 0.2) is 0 Å². The van der Waals surface area contributed by atoms with Gasteiger partial charge in [-0.1, -0.05) is 46.3 Å². The number of hydrazine groups is 1. The molecular formula is C16H14BrN3. The van der Waals surface area contributed by atoms with Crippen molar-refractivity contribution in [1.82, 2.24) is 10.4 Å². The van der Waals surface area contributed by atoms with Crippen molar-refractivity contribution in [3.8, 4) is 0 Å². The van der Waals surface area contributed by atoms with Gasteiger partial charge < -0.3 is 0 Å². The van der Waals surface area contributed by atoms with Crippen LogP contribution in [0.2, 0.25) is 0 Å². The Morgan fingerprint density at radius 3 is 2.70 bits per heavy atom. The molecule has 3 N–H and O–H groups in total. The molecule has 0 aliphatic rings. The summed E-state index contributed by atoms with van der Waals surface area (Å²) in [6.45, 7) is 0. The van der Waals surface area contributed by atoms with Crippen LogP contribution in [0.25, 0.3) is 10.9 Å². The Morgan fingerprint density at radius 1 is 1.05 bits per heavy atom. The molecule has 0 saturated heterocycles. The SMILES string of the molecule is NNC(c1ccc2ncccc2c1)c1ccccc1Br. The van der Waals surface area contributed by atoms with E-state index in [1.54, 1.807) is 6.20 Å². The predicted molar refractivity (Wildman–Crippen MR) is 85.1 cm³/mol. The average molecular weight is 328 g/mol. The van der Waals surface area contributed by atoms with Crippen molar-refractivity contribution in [3.63, 3.8) is 0 Å². The minimum absolute atomic E-state index is 0.0600. The summed E-state index contributed by atoms with van der Waals surface area (Å²) in [5, 5.41) is 1.11. The highest BCUT2D eigenvalue weighted by Gasteiger charge is 2.15. The first-order valence-electron chi connectivity index (χ1n) is 6.35. The van der Waals surface area contributed by atoms with Gasteiger partial charge in [-0.25, -0.2) is 5.43 Å². The van der Waals surface area contributed by atoms with Gasteiger partial charge in [-0.2, -0.15) is 0 Å². The Balaban J connectivity index is 2.10. The maximum atomic E-state index is 5.76. The monoisotopic (exact) mass is 327 g/mol. The molecule has 0 radical (unpaired) electrons. The van der Waals surface area contributed by atoms with Gasteiger partial charge in [0.1, 0.15) is 0 Å².